The molecule has 192 valence electrons. The Hall–Kier alpha value is -3.31. The molecule has 0 spiro atoms. The average molecular weight is 520 g/mol. The van der Waals surface area contributed by atoms with Gasteiger partial charge in [0.1, 0.15) is 23.1 Å². The molecule has 3 heterocycles. The molecule has 1 amide bonds. The van der Waals surface area contributed by atoms with Gasteiger partial charge in [-0.25, -0.2) is 17.2 Å². The summed E-state index contributed by atoms with van der Waals surface area (Å²) >= 11 is 0. The van der Waals surface area contributed by atoms with E-state index in [4.69, 9.17) is 8.94 Å². The number of sulfonamides is 1. The van der Waals surface area contributed by atoms with Crippen LogP contribution in [0.25, 0.3) is 12.2 Å². The molecular weight excluding hydrogens is 492 g/mol. The molecule has 4 rings (SSSR count). The van der Waals surface area contributed by atoms with E-state index in [0.29, 0.717) is 19.3 Å². The first-order valence-electron chi connectivity index (χ1n) is 11.6. The van der Waals surface area contributed by atoms with Crippen LogP contribution in [0.3, 0.4) is 0 Å². The summed E-state index contributed by atoms with van der Waals surface area (Å²) in [5.41, 5.74) is 0.239. The highest BCUT2D eigenvalue weighted by atomic mass is 32.2. The van der Waals surface area contributed by atoms with Crippen molar-refractivity contribution in [1.82, 2.24) is 14.8 Å². The van der Waals surface area contributed by atoms with E-state index >= 15 is 0 Å². The van der Waals surface area contributed by atoms with Crippen LogP contribution in [0.1, 0.15) is 42.5 Å². The fraction of sp³-hybridized carbons (Fsp3) is 0.360. The van der Waals surface area contributed by atoms with Crippen molar-refractivity contribution in [2.75, 3.05) is 13.1 Å². The van der Waals surface area contributed by atoms with E-state index in [1.165, 1.54) is 29.4 Å². The van der Waals surface area contributed by atoms with Crippen molar-refractivity contribution in [3.05, 3.63) is 71.0 Å². The monoisotopic (exact) mass is 519 g/mol. The number of halogens is 2. The lowest BCUT2D eigenvalue weighted by Crippen LogP contribution is -2.45. The lowest BCUT2D eigenvalue weighted by Gasteiger charge is -2.31. The zero-order valence-corrected chi connectivity index (χ0v) is 20.7. The largest absolute Gasteiger partial charge is 0.469 e. The Balaban J connectivity index is 1.41. The Morgan fingerprint density at radius 2 is 2.00 bits per heavy atom. The summed E-state index contributed by atoms with van der Waals surface area (Å²) in [4.78, 5) is 12.6. The van der Waals surface area contributed by atoms with Crippen molar-refractivity contribution in [3.8, 4) is 0 Å². The van der Waals surface area contributed by atoms with Gasteiger partial charge in [0.2, 0.25) is 15.9 Å². The maximum Gasteiger partial charge on any atom is 0.248 e. The van der Waals surface area contributed by atoms with Crippen LogP contribution in [0, 0.1) is 24.5 Å². The molecule has 0 bridgehead atoms. The lowest BCUT2D eigenvalue weighted by atomic mass is 9.96. The van der Waals surface area contributed by atoms with E-state index in [2.05, 4.69) is 10.5 Å². The van der Waals surface area contributed by atoms with Gasteiger partial charge in [-0.3, -0.25) is 4.79 Å². The fourth-order valence-corrected chi connectivity index (χ4v) is 5.95. The first-order valence-corrected chi connectivity index (χ1v) is 13.0. The Morgan fingerprint density at radius 1 is 1.25 bits per heavy atom. The normalized spacial score (nSPS) is 16.4. The van der Waals surface area contributed by atoms with Gasteiger partial charge in [-0.1, -0.05) is 5.16 Å². The van der Waals surface area contributed by atoms with Crippen LogP contribution in [0.15, 0.2) is 50.4 Å². The molecule has 0 aliphatic carbocycles. The summed E-state index contributed by atoms with van der Waals surface area (Å²) in [5, 5.41) is 6.75. The van der Waals surface area contributed by atoms with Crippen LogP contribution in [0.4, 0.5) is 8.78 Å². The summed E-state index contributed by atoms with van der Waals surface area (Å²) in [6.07, 6.45) is 5.48. The minimum atomic E-state index is -3.98. The van der Waals surface area contributed by atoms with Crippen LogP contribution in [0.2, 0.25) is 0 Å². The van der Waals surface area contributed by atoms with Gasteiger partial charge in [-0.15, -0.1) is 0 Å². The molecule has 36 heavy (non-hydrogen) atoms. The molecule has 11 heteroatoms. The number of aromatic nitrogens is 1. The molecule has 0 unspecified atom stereocenters. The van der Waals surface area contributed by atoms with Gasteiger partial charge in [0, 0.05) is 43.1 Å². The average Bonchev–Trinajstić information content (AvgIpc) is 3.48. The Morgan fingerprint density at radius 3 is 2.67 bits per heavy atom. The molecule has 2 aromatic heterocycles. The third-order valence-corrected chi connectivity index (χ3v) is 8.17. The number of carbonyl (C=O) groups is 1. The van der Waals surface area contributed by atoms with E-state index in [1.54, 1.807) is 12.3 Å². The summed E-state index contributed by atoms with van der Waals surface area (Å²) in [7, 11) is -3.98. The number of piperidine rings is 1. The minimum absolute atomic E-state index is 0.0529. The molecular formula is C25H27F2N3O5S. The van der Waals surface area contributed by atoms with Crippen LogP contribution >= 0.6 is 0 Å². The van der Waals surface area contributed by atoms with E-state index in [-0.39, 0.29) is 52.9 Å². The Labute approximate surface area is 208 Å². The number of hydrogen-bond acceptors (Lipinski definition) is 6. The number of benzene rings is 1. The van der Waals surface area contributed by atoms with Crippen LogP contribution in [-0.2, 0) is 21.2 Å². The fourth-order valence-electron chi connectivity index (χ4n) is 4.23. The second-order valence-corrected chi connectivity index (χ2v) is 10.7. The van der Waals surface area contributed by atoms with Gasteiger partial charge in [0.25, 0.3) is 0 Å². The van der Waals surface area contributed by atoms with Gasteiger partial charge in [0.15, 0.2) is 10.7 Å². The first-order chi connectivity index (χ1) is 17.1. The number of carbonyl (C=O) groups excluding carboxylic acids is 1. The second-order valence-electron chi connectivity index (χ2n) is 8.83. The van der Waals surface area contributed by atoms with Crippen LogP contribution < -0.4 is 5.32 Å². The SMILES string of the molecule is Cc1noc(/C=C/c2ccc(F)cc2F)c1S(=O)(=O)N1CCC(C(=O)N[C@@H](C)Cc2ccco2)CC1. The molecule has 1 aliphatic heterocycles. The highest BCUT2D eigenvalue weighted by Crippen LogP contribution is 2.29. The minimum Gasteiger partial charge on any atom is -0.469 e. The van der Waals surface area contributed by atoms with Gasteiger partial charge in [0.05, 0.1) is 6.26 Å². The molecule has 1 saturated heterocycles. The van der Waals surface area contributed by atoms with Gasteiger partial charge in [-0.2, -0.15) is 4.31 Å². The predicted molar refractivity (Wildman–Crippen MR) is 128 cm³/mol. The van der Waals surface area contributed by atoms with Gasteiger partial charge in [-0.05, 0) is 63.1 Å². The Kier molecular flexibility index (Phi) is 7.70. The molecule has 0 saturated carbocycles. The summed E-state index contributed by atoms with van der Waals surface area (Å²) in [6.45, 7) is 3.72. The number of nitrogens with one attached hydrogen (secondary N) is 1. The molecule has 1 fully saturated rings. The van der Waals surface area contributed by atoms with Crippen molar-refractivity contribution in [3.63, 3.8) is 0 Å². The quantitative estimate of drug-likeness (QED) is 0.479. The number of amides is 1. The standard InChI is InChI=1S/C25H27F2N3O5S/c1-16(14-21-4-3-13-34-21)28-25(31)19-9-11-30(12-10-19)36(32,33)24-17(2)29-35-23(24)8-6-18-5-7-20(26)15-22(18)27/h3-8,13,15-16,19H,9-12,14H2,1-2H3,(H,28,31)/b8-6+/t16-/m0/s1. The number of furan rings is 1. The van der Waals surface area contributed by atoms with E-state index in [9.17, 15) is 22.0 Å². The molecule has 1 aromatic carbocycles. The zero-order chi connectivity index (χ0) is 25.9. The highest BCUT2D eigenvalue weighted by Gasteiger charge is 2.36. The van der Waals surface area contributed by atoms with E-state index in [1.807, 2.05) is 13.0 Å². The van der Waals surface area contributed by atoms with Gasteiger partial charge < -0.3 is 14.3 Å². The molecule has 0 radical (unpaired) electrons. The molecule has 1 atom stereocenters. The number of nitrogens with zero attached hydrogens (tertiary/aromatic N) is 2. The Bertz CT molecular complexity index is 1340. The predicted octanol–water partition coefficient (Wildman–Crippen LogP) is 4.17. The van der Waals surface area contributed by atoms with Crippen molar-refractivity contribution < 1.29 is 30.9 Å². The summed E-state index contributed by atoms with van der Waals surface area (Å²) in [5.74, 6) is -1.20. The molecule has 1 aliphatic rings. The molecule has 3 aromatic rings. The highest BCUT2D eigenvalue weighted by molar-refractivity contribution is 7.89. The van der Waals surface area contributed by atoms with Crippen molar-refractivity contribution in [1.29, 1.82) is 0 Å². The third kappa shape index (κ3) is 5.73. The number of rotatable bonds is 8. The van der Waals surface area contributed by atoms with E-state index in [0.717, 1.165) is 17.9 Å². The number of hydrogen-bond donors (Lipinski definition) is 1. The van der Waals surface area contributed by atoms with E-state index < -0.39 is 21.7 Å². The van der Waals surface area contributed by atoms with Crippen molar-refractivity contribution in [2.45, 2.75) is 44.0 Å². The third-order valence-electron chi connectivity index (χ3n) is 6.11. The summed E-state index contributed by atoms with van der Waals surface area (Å²) in [6, 6.07) is 6.60. The number of aryl methyl sites for hydroxylation is 1. The zero-order valence-electron chi connectivity index (χ0n) is 19.9. The molecule has 8 nitrogen and oxygen atoms in total. The topological polar surface area (TPSA) is 106 Å². The van der Waals surface area contributed by atoms with Crippen molar-refractivity contribution in [2.24, 2.45) is 5.92 Å². The maximum atomic E-state index is 14.0. The lowest BCUT2D eigenvalue weighted by molar-refractivity contribution is -0.126. The first kappa shape index (κ1) is 25.8. The van der Waals surface area contributed by atoms with Crippen LogP contribution in [0.5, 0.6) is 0 Å². The summed E-state index contributed by atoms with van der Waals surface area (Å²) < 4.78 is 65.7. The van der Waals surface area contributed by atoms with Crippen LogP contribution in [-0.4, -0.2) is 42.9 Å². The molecule has 1 N–H and O–H groups in total. The van der Waals surface area contributed by atoms with Gasteiger partial charge >= 0.3 is 0 Å². The maximum absolute atomic E-state index is 14.0. The second kappa shape index (κ2) is 10.8. The van der Waals surface area contributed by atoms with Crippen molar-refractivity contribution >= 4 is 28.1 Å². The smallest absolute Gasteiger partial charge is 0.248 e.